The van der Waals surface area contributed by atoms with Crippen molar-refractivity contribution >= 4 is 11.8 Å². The summed E-state index contributed by atoms with van der Waals surface area (Å²) in [7, 11) is 0. The molecule has 3 rings (SSSR count). The fourth-order valence-electron chi connectivity index (χ4n) is 3.71. The van der Waals surface area contributed by atoms with Crippen molar-refractivity contribution in [2.45, 2.75) is 39.8 Å². The third kappa shape index (κ3) is 5.44. The number of aromatic nitrogens is 2. The van der Waals surface area contributed by atoms with Gasteiger partial charge in [-0.1, -0.05) is 37.3 Å². The number of benzene rings is 1. The lowest BCUT2D eigenvalue weighted by atomic mass is 10.1. The maximum absolute atomic E-state index is 13.1. The van der Waals surface area contributed by atoms with Crippen LogP contribution in [0.1, 0.15) is 42.4 Å². The molecule has 0 saturated carbocycles. The summed E-state index contributed by atoms with van der Waals surface area (Å²) in [6.45, 7) is 9.68. The van der Waals surface area contributed by atoms with E-state index in [4.69, 9.17) is 0 Å². The van der Waals surface area contributed by atoms with Crippen LogP contribution in [0.15, 0.2) is 36.5 Å². The van der Waals surface area contributed by atoms with Crippen molar-refractivity contribution in [3.63, 3.8) is 0 Å². The molecule has 1 aliphatic rings. The highest BCUT2D eigenvalue weighted by Crippen LogP contribution is 2.16. The number of rotatable bonds is 7. The largest absolute Gasteiger partial charge is 0.353 e. The van der Waals surface area contributed by atoms with Gasteiger partial charge in [0.15, 0.2) is 0 Å². The number of nitrogens with one attached hydrogen (secondary N) is 1. The predicted molar refractivity (Wildman–Crippen MR) is 113 cm³/mol. The standard InChI is InChI=1S/C22H31N5O2/c1-4-20-19(14-23-27(20)15-18-8-6-5-7-9-18)22(29)26-12-10-25(11-13-26)16-21(28)24-17(2)3/h5-9,14,17H,4,10-13,15-16H2,1-3H3,(H,24,28). The molecule has 0 radical (unpaired) electrons. The Morgan fingerprint density at radius 1 is 1.10 bits per heavy atom. The van der Waals surface area contributed by atoms with Crippen LogP contribution in [-0.2, 0) is 17.8 Å². The van der Waals surface area contributed by atoms with Crippen LogP contribution in [0.4, 0.5) is 0 Å². The van der Waals surface area contributed by atoms with E-state index in [1.807, 2.05) is 41.6 Å². The second kappa shape index (κ2) is 9.69. The zero-order valence-corrected chi connectivity index (χ0v) is 17.6. The molecular weight excluding hydrogens is 366 g/mol. The first-order valence-electron chi connectivity index (χ1n) is 10.4. The number of amides is 2. The minimum absolute atomic E-state index is 0.0347. The van der Waals surface area contributed by atoms with Crippen LogP contribution in [-0.4, -0.2) is 70.2 Å². The van der Waals surface area contributed by atoms with Gasteiger partial charge in [0, 0.05) is 32.2 Å². The van der Waals surface area contributed by atoms with Crippen LogP contribution in [0.5, 0.6) is 0 Å². The molecule has 156 valence electrons. The molecule has 0 spiro atoms. The number of nitrogens with zero attached hydrogens (tertiary/aromatic N) is 4. The van der Waals surface area contributed by atoms with E-state index in [-0.39, 0.29) is 17.9 Å². The third-order valence-corrected chi connectivity index (χ3v) is 5.17. The Kier molecular flexibility index (Phi) is 7.04. The number of piperazine rings is 1. The molecule has 0 aliphatic carbocycles. The summed E-state index contributed by atoms with van der Waals surface area (Å²) in [5.74, 6) is 0.0719. The summed E-state index contributed by atoms with van der Waals surface area (Å²) in [5, 5.41) is 7.40. The highest BCUT2D eigenvalue weighted by Gasteiger charge is 2.26. The Hall–Kier alpha value is -2.67. The first kappa shape index (κ1) is 21.0. The first-order valence-corrected chi connectivity index (χ1v) is 10.4. The van der Waals surface area contributed by atoms with Gasteiger partial charge in [0.25, 0.3) is 5.91 Å². The molecule has 1 fully saturated rings. The molecule has 2 heterocycles. The SMILES string of the molecule is CCc1c(C(=O)N2CCN(CC(=O)NC(C)C)CC2)cnn1Cc1ccccc1. The lowest BCUT2D eigenvalue weighted by Crippen LogP contribution is -2.51. The van der Waals surface area contributed by atoms with Crippen LogP contribution in [0, 0.1) is 0 Å². The van der Waals surface area contributed by atoms with E-state index >= 15 is 0 Å². The average Bonchev–Trinajstić information content (AvgIpc) is 3.10. The van der Waals surface area contributed by atoms with Crippen molar-refractivity contribution in [1.29, 1.82) is 0 Å². The Bertz CT molecular complexity index is 823. The van der Waals surface area contributed by atoms with Gasteiger partial charge < -0.3 is 10.2 Å². The van der Waals surface area contributed by atoms with Crippen molar-refractivity contribution in [2.24, 2.45) is 0 Å². The number of hydrogen-bond donors (Lipinski definition) is 1. The lowest BCUT2D eigenvalue weighted by Gasteiger charge is -2.34. The minimum Gasteiger partial charge on any atom is -0.353 e. The summed E-state index contributed by atoms with van der Waals surface area (Å²) in [4.78, 5) is 29.0. The van der Waals surface area contributed by atoms with Crippen LogP contribution in [0.2, 0.25) is 0 Å². The molecule has 29 heavy (non-hydrogen) atoms. The van der Waals surface area contributed by atoms with Gasteiger partial charge >= 0.3 is 0 Å². The smallest absolute Gasteiger partial charge is 0.257 e. The number of carbonyl (C=O) groups excluding carboxylic acids is 2. The zero-order valence-electron chi connectivity index (χ0n) is 17.6. The zero-order chi connectivity index (χ0) is 20.8. The monoisotopic (exact) mass is 397 g/mol. The Morgan fingerprint density at radius 3 is 2.41 bits per heavy atom. The van der Waals surface area contributed by atoms with Gasteiger partial charge in [0.2, 0.25) is 5.91 Å². The van der Waals surface area contributed by atoms with Crippen molar-refractivity contribution in [3.05, 3.63) is 53.3 Å². The van der Waals surface area contributed by atoms with E-state index in [1.54, 1.807) is 6.20 Å². The van der Waals surface area contributed by atoms with E-state index in [9.17, 15) is 9.59 Å². The van der Waals surface area contributed by atoms with E-state index in [2.05, 4.69) is 34.4 Å². The summed E-state index contributed by atoms with van der Waals surface area (Å²) in [6.07, 6.45) is 2.45. The molecule has 1 saturated heterocycles. The van der Waals surface area contributed by atoms with Gasteiger partial charge in [0.05, 0.1) is 30.5 Å². The summed E-state index contributed by atoms with van der Waals surface area (Å²) in [5.41, 5.74) is 2.82. The fraction of sp³-hybridized carbons (Fsp3) is 0.500. The maximum Gasteiger partial charge on any atom is 0.257 e. The lowest BCUT2D eigenvalue weighted by molar-refractivity contribution is -0.123. The fourth-order valence-corrected chi connectivity index (χ4v) is 3.71. The quantitative estimate of drug-likeness (QED) is 0.773. The van der Waals surface area contributed by atoms with E-state index < -0.39 is 0 Å². The Morgan fingerprint density at radius 2 is 1.79 bits per heavy atom. The second-order valence-corrected chi connectivity index (χ2v) is 7.79. The van der Waals surface area contributed by atoms with E-state index in [0.717, 1.165) is 17.7 Å². The molecule has 1 aromatic carbocycles. The molecule has 1 N–H and O–H groups in total. The average molecular weight is 398 g/mol. The van der Waals surface area contributed by atoms with Crippen molar-refractivity contribution in [2.75, 3.05) is 32.7 Å². The van der Waals surface area contributed by atoms with Gasteiger partial charge in [0.1, 0.15) is 0 Å². The molecule has 2 aromatic rings. The van der Waals surface area contributed by atoms with Crippen molar-refractivity contribution in [3.8, 4) is 0 Å². The second-order valence-electron chi connectivity index (χ2n) is 7.79. The molecule has 7 nitrogen and oxygen atoms in total. The summed E-state index contributed by atoms with van der Waals surface area (Å²) >= 11 is 0. The summed E-state index contributed by atoms with van der Waals surface area (Å²) in [6, 6.07) is 10.3. The molecule has 1 aromatic heterocycles. The molecule has 1 aliphatic heterocycles. The molecule has 0 bridgehead atoms. The molecule has 0 atom stereocenters. The van der Waals surface area contributed by atoms with Gasteiger partial charge in [-0.25, -0.2) is 0 Å². The highest BCUT2D eigenvalue weighted by molar-refractivity contribution is 5.95. The van der Waals surface area contributed by atoms with Crippen LogP contribution >= 0.6 is 0 Å². The van der Waals surface area contributed by atoms with Crippen LogP contribution < -0.4 is 5.32 Å². The molecule has 7 heteroatoms. The number of hydrogen-bond acceptors (Lipinski definition) is 4. The van der Waals surface area contributed by atoms with Crippen molar-refractivity contribution in [1.82, 2.24) is 24.9 Å². The normalized spacial score (nSPS) is 15.0. The molecule has 2 amide bonds. The Balaban J connectivity index is 1.60. The number of carbonyl (C=O) groups is 2. The van der Waals surface area contributed by atoms with E-state index in [0.29, 0.717) is 44.8 Å². The summed E-state index contributed by atoms with van der Waals surface area (Å²) < 4.78 is 1.93. The van der Waals surface area contributed by atoms with Crippen LogP contribution in [0.3, 0.4) is 0 Å². The van der Waals surface area contributed by atoms with E-state index in [1.165, 1.54) is 0 Å². The molecule has 0 unspecified atom stereocenters. The van der Waals surface area contributed by atoms with Crippen molar-refractivity contribution < 1.29 is 9.59 Å². The van der Waals surface area contributed by atoms with Gasteiger partial charge in [-0.3, -0.25) is 19.2 Å². The maximum atomic E-state index is 13.1. The van der Waals surface area contributed by atoms with Gasteiger partial charge in [-0.05, 0) is 25.8 Å². The first-order chi connectivity index (χ1) is 14.0. The van der Waals surface area contributed by atoms with Gasteiger partial charge in [-0.2, -0.15) is 5.10 Å². The topological polar surface area (TPSA) is 70.5 Å². The highest BCUT2D eigenvalue weighted by atomic mass is 16.2. The molecular formula is C22H31N5O2. The van der Waals surface area contributed by atoms with Gasteiger partial charge in [-0.15, -0.1) is 0 Å². The minimum atomic E-state index is 0.0347. The third-order valence-electron chi connectivity index (χ3n) is 5.17. The Labute approximate surface area is 172 Å². The predicted octanol–water partition coefficient (Wildman–Crippen LogP) is 1.78. The van der Waals surface area contributed by atoms with Crippen LogP contribution in [0.25, 0.3) is 0 Å².